The van der Waals surface area contributed by atoms with Gasteiger partial charge >= 0.3 is 11.9 Å². The van der Waals surface area contributed by atoms with E-state index < -0.39 is 17.7 Å². The van der Waals surface area contributed by atoms with Gasteiger partial charge in [-0.25, -0.2) is 14.6 Å². The van der Waals surface area contributed by atoms with Gasteiger partial charge < -0.3 is 9.47 Å². The van der Waals surface area contributed by atoms with Gasteiger partial charge in [-0.2, -0.15) is 0 Å². The summed E-state index contributed by atoms with van der Waals surface area (Å²) in [4.78, 5) is 42.5. The Morgan fingerprint density at radius 2 is 1.33 bits per heavy atom. The highest BCUT2D eigenvalue weighted by atomic mass is 35.5. The highest BCUT2D eigenvalue weighted by Crippen LogP contribution is 2.27. The number of esters is 2. The lowest BCUT2D eigenvalue weighted by molar-refractivity contribution is 0.0553. The lowest BCUT2D eigenvalue weighted by atomic mass is 9.97. The largest absolute Gasteiger partial charge is 0.465 e. The van der Waals surface area contributed by atoms with Crippen molar-refractivity contribution in [3.63, 3.8) is 0 Å². The molecule has 0 saturated heterocycles. The molecule has 3 rings (SSSR count). The number of hydrogen-bond acceptors (Lipinski definition) is 6. The van der Waals surface area contributed by atoms with Gasteiger partial charge in [0.1, 0.15) is 11.3 Å². The Morgan fingerprint density at radius 1 is 0.800 bits per heavy atom. The molecule has 6 nitrogen and oxygen atoms in total. The van der Waals surface area contributed by atoms with E-state index in [-0.39, 0.29) is 28.1 Å². The summed E-state index contributed by atoms with van der Waals surface area (Å²) in [7, 11) is 2.32. The smallest absolute Gasteiger partial charge is 0.341 e. The van der Waals surface area contributed by atoms with Crippen molar-refractivity contribution in [1.29, 1.82) is 0 Å². The zero-order chi connectivity index (χ0) is 21.8. The molecular formula is C22H15Cl2NO5. The molecule has 0 aliphatic heterocycles. The fourth-order valence-electron chi connectivity index (χ4n) is 2.80. The second-order valence-electron chi connectivity index (χ2n) is 6.10. The summed E-state index contributed by atoms with van der Waals surface area (Å²) >= 11 is 11.8. The number of ether oxygens (including phenoxy) is 2. The normalized spacial score (nSPS) is 10.4. The molecule has 0 spiro atoms. The Hall–Kier alpha value is -3.22. The second kappa shape index (κ2) is 9.07. The Bertz CT molecular complexity index is 1130. The number of pyridine rings is 1. The molecule has 0 bridgehead atoms. The minimum absolute atomic E-state index is 0.137. The number of hydrogen-bond donors (Lipinski definition) is 0. The lowest BCUT2D eigenvalue weighted by Crippen LogP contribution is -2.20. The Morgan fingerprint density at radius 3 is 1.87 bits per heavy atom. The van der Waals surface area contributed by atoms with Gasteiger partial charge in [0.2, 0.25) is 5.78 Å². The first kappa shape index (κ1) is 21.5. The third-order valence-corrected chi connectivity index (χ3v) is 4.78. The molecule has 0 unspecified atom stereocenters. The van der Waals surface area contributed by atoms with Crippen LogP contribution >= 0.6 is 23.2 Å². The molecule has 0 amide bonds. The highest BCUT2D eigenvalue weighted by molar-refractivity contribution is 6.31. The number of nitrogens with zero attached hydrogens (tertiary/aromatic N) is 1. The van der Waals surface area contributed by atoms with Crippen LogP contribution in [0.15, 0.2) is 54.6 Å². The minimum Gasteiger partial charge on any atom is -0.465 e. The average Bonchev–Trinajstić information content (AvgIpc) is 2.77. The topological polar surface area (TPSA) is 82.6 Å². The quantitative estimate of drug-likeness (QED) is 0.413. The van der Waals surface area contributed by atoms with Crippen molar-refractivity contribution in [1.82, 2.24) is 4.98 Å². The van der Waals surface area contributed by atoms with Crippen LogP contribution in [0.2, 0.25) is 10.0 Å². The molecule has 0 radical (unpaired) electrons. The molecule has 3 aromatic rings. The zero-order valence-electron chi connectivity index (χ0n) is 15.9. The van der Waals surface area contributed by atoms with E-state index in [9.17, 15) is 14.4 Å². The van der Waals surface area contributed by atoms with Gasteiger partial charge in [-0.3, -0.25) is 4.79 Å². The fourth-order valence-corrected chi connectivity index (χ4v) is 3.05. The van der Waals surface area contributed by atoms with E-state index >= 15 is 0 Å². The van der Waals surface area contributed by atoms with Crippen molar-refractivity contribution in [2.24, 2.45) is 0 Å². The number of ketones is 1. The predicted molar refractivity (Wildman–Crippen MR) is 112 cm³/mol. The van der Waals surface area contributed by atoms with Crippen LogP contribution in [0.25, 0.3) is 11.3 Å². The summed E-state index contributed by atoms with van der Waals surface area (Å²) < 4.78 is 9.61. The summed E-state index contributed by atoms with van der Waals surface area (Å²) in [6.45, 7) is 0. The van der Waals surface area contributed by atoms with Crippen LogP contribution in [-0.4, -0.2) is 36.9 Å². The molecule has 8 heteroatoms. The molecule has 0 saturated carbocycles. The Labute approximate surface area is 182 Å². The number of halogens is 2. The first-order chi connectivity index (χ1) is 14.3. The molecule has 0 aliphatic carbocycles. The van der Waals surface area contributed by atoms with Gasteiger partial charge in [0, 0.05) is 21.2 Å². The molecular weight excluding hydrogens is 429 g/mol. The maximum absolute atomic E-state index is 13.2. The van der Waals surface area contributed by atoms with Crippen molar-refractivity contribution in [3.05, 3.63) is 87.0 Å². The van der Waals surface area contributed by atoms with E-state index in [1.165, 1.54) is 37.4 Å². The molecule has 0 atom stereocenters. The number of rotatable bonds is 5. The van der Waals surface area contributed by atoms with Crippen molar-refractivity contribution >= 4 is 40.9 Å². The van der Waals surface area contributed by atoms with Crippen LogP contribution in [0.5, 0.6) is 0 Å². The van der Waals surface area contributed by atoms with Crippen LogP contribution in [0, 0.1) is 0 Å². The fraction of sp³-hybridized carbons (Fsp3) is 0.0909. The third kappa shape index (κ3) is 4.35. The van der Waals surface area contributed by atoms with E-state index in [2.05, 4.69) is 4.98 Å². The lowest BCUT2D eigenvalue weighted by Gasteiger charge is -2.14. The minimum atomic E-state index is -0.886. The van der Waals surface area contributed by atoms with Crippen LogP contribution in [0.3, 0.4) is 0 Å². The van der Waals surface area contributed by atoms with E-state index in [1.807, 2.05) is 0 Å². The third-order valence-electron chi connectivity index (χ3n) is 4.28. The second-order valence-corrected chi connectivity index (χ2v) is 6.98. The maximum atomic E-state index is 13.2. The van der Waals surface area contributed by atoms with Crippen LogP contribution in [0.1, 0.15) is 36.8 Å². The molecule has 1 aromatic heterocycles. The van der Waals surface area contributed by atoms with Gasteiger partial charge in [-0.05, 0) is 42.5 Å². The van der Waals surface area contributed by atoms with Crippen molar-refractivity contribution < 1.29 is 23.9 Å². The Kier molecular flexibility index (Phi) is 6.50. The first-order valence-corrected chi connectivity index (χ1v) is 9.39. The molecule has 0 aliphatic rings. The number of carbonyl (C=O) groups is 3. The standard InChI is InChI=1S/C22H15Cl2NO5/c1-29-21(27)16-11-17(12-3-7-14(23)8-4-12)25-19(18(16)22(28)30-2)20(26)13-5-9-15(24)10-6-13/h3-11H,1-2H3. The molecule has 2 aromatic carbocycles. The monoisotopic (exact) mass is 443 g/mol. The summed E-state index contributed by atoms with van der Waals surface area (Å²) in [5.41, 5.74) is 0.463. The van der Waals surface area contributed by atoms with Crippen molar-refractivity contribution in [3.8, 4) is 11.3 Å². The highest BCUT2D eigenvalue weighted by Gasteiger charge is 2.29. The summed E-state index contributed by atoms with van der Waals surface area (Å²) in [6.07, 6.45) is 0. The summed E-state index contributed by atoms with van der Waals surface area (Å²) in [5, 5.41) is 0.952. The van der Waals surface area contributed by atoms with Gasteiger partial charge in [0.25, 0.3) is 0 Å². The summed E-state index contributed by atoms with van der Waals surface area (Å²) in [5.74, 6) is -2.27. The van der Waals surface area contributed by atoms with Crippen molar-refractivity contribution in [2.45, 2.75) is 0 Å². The van der Waals surface area contributed by atoms with Gasteiger partial charge in [-0.15, -0.1) is 0 Å². The van der Waals surface area contributed by atoms with Crippen molar-refractivity contribution in [2.75, 3.05) is 14.2 Å². The molecule has 152 valence electrons. The van der Waals surface area contributed by atoms with E-state index in [0.29, 0.717) is 15.6 Å². The predicted octanol–water partition coefficient (Wildman–Crippen LogP) is 4.86. The zero-order valence-corrected chi connectivity index (χ0v) is 17.5. The van der Waals surface area contributed by atoms with Crippen LogP contribution in [-0.2, 0) is 9.47 Å². The van der Waals surface area contributed by atoms with Gasteiger partial charge in [-0.1, -0.05) is 35.3 Å². The number of aromatic nitrogens is 1. The van der Waals surface area contributed by atoms with E-state index in [4.69, 9.17) is 32.7 Å². The number of carbonyl (C=O) groups excluding carboxylic acids is 3. The number of benzene rings is 2. The Balaban J connectivity index is 2.30. The van der Waals surface area contributed by atoms with Gasteiger partial charge in [0.15, 0.2) is 0 Å². The van der Waals surface area contributed by atoms with E-state index in [0.717, 1.165) is 7.11 Å². The molecule has 30 heavy (non-hydrogen) atoms. The van der Waals surface area contributed by atoms with Crippen LogP contribution < -0.4 is 0 Å². The molecule has 0 N–H and O–H groups in total. The van der Waals surface area contributed by atoms with E-state index in [1.54, 1.807) is 24.3 Å². The first-order valence-electron chi connectivity index (χ1n) is 8.63. The molecule has 0 fully saturated rings. The van der Waals surface area contributed by atoms with Crippen LogP contribution in [0.4, 0.5) is 0 Å². The SMILES string of the molecule is COC(=O)c1cc(-c2ccc(Cl)cc2)nc(C(=O)c2ccc(Cl)cc2)c1C(=O)OC. The van der Waals surface area contributed by atoms with Gasteiger partial charge in [0.05, 0.1) is 25.5 Å². The average molecular weight is 444 g/mol. The maximum Gasteiger partial charge on any atom is 0.341 e. The molecule has 1 heterocycles. The summed E-state index contributed by atoms with van der Waals surface area (Å²) in [6, 6.07) is 14.1. The number of methoxy groups -OCH3 is 2.